The van der Waals surface area contributed by atoms with Crippen molar-refractivity contribution in [1.29, 1.82) is 0 Å². The number of carbonyl (C=O) groups is 1. The molecule has 0 aromatic heterocycles. The molecule has 1 aliphatic rings. The summed E-state index contributed by atoms with van der Waals surface area (Å²) in [5.74, 6) is -1.38. The Balaban J connectivity index is 2.18. The van der Waals surface area contributed by atoms with Gasteiger partial charge in [-0.3, -0.25) is 4.79 Å². The molecule has 0 bridgehead atoms. The zero-order valence-corrected chi connectivity index (χ0v) is 11.1. The summed E-state index contributed by atoms with van der Waals surface area (Å²) in [7, 11) is 0. The largest absolute Gasteiger partial charge is 0.325 e. The predicted molar refractivity (Wildman–Crippen MR) is 73.3 cm³/mol. The van der Waals surface area contributed by atoms with Crippen LogP contribution in [-0.2, 0) is 4.79 Å². The van der Waals surface area contributed by atoms with Crippen molar-refractivity contribution in [3.63, 3.8) is 0 Å². The Kier molecular flexibility index (Phi) is 2.96. The van der Waals surface area contributed by atoms with E-state index in [1.165, 1.54) is 6.07 Å². The first-order chi connectivity index (χ1) is 9.08. The molecule has 2 nitrogen and oxygen atoms in total. The third-order valence-electron chi connectivity index (χ3n) is 3.14. The highest BCUT2D eigenvalue weighted by Crippen LogP contribution is 2.41. The van der Waals surface area contributed by atoms with Crippen LogP contribution in [-0.4, -0.2) is 5.91 Å². The minimum Gasteiger partial charge on any atom is -0.325 e. The third kappa shape index (κ3) is 1.99. The molecule has 1 atom stereocenters. The van der Waals surface area contributed by atoms with Gasteiger partial charge in [-0.1, -0.05) is 41.4 Å². The van der Waals surface area contributed by atoms with E-state index in [0.717, 1.165) is 0 Å². The molecule has 1 unspecified atom stereocenters. The van der Waals surface area contributed by atoms with E-state index in [4.69, 9.17) is 23.2 Å². The molecular formula is C14H8Cl2FNO. The highest BCUT2D eigenvalue weighted by Gasteiger charge is 2.34. The number of hydrogen-bond donors (Lipinski definition) is 1. The normalized spacial score (nSPS) is 17.2. The topological polar surface area (TPSA) is 29.1 Å². The Morgan fingerprint density at radius 2 is 1.74 bits per heavy atom. The molecule has 0 aliphatic carbocycles. The summed E-state index contributed by atoms with van der Waals surface area (Å²) in [5, 5.41) is 3.39. The molecule has 3 rings (SSSR count). The number of fused-ring (bicyclic) bond motifs is 1. The molecule has 1 aliphatic heterocycles. The fourth-order valence-electron chi connectivity index (χ4n) is 2.27. The van der Waals surface area contributed by atoms with Crippen LogP contribution >= 0.6 is 23.2 Å². The first-order valence-electron chi connectivity index (χ1n) is 5.62. The molecule has 0 saturated heterocycles. The van der Waals surface area contributed by atoms with Gasteiger partial charge in [0.05, 0.1) is 16.0 Å². The van der Waals surface area contributed by atoms with Crippen LogP contribution in [0, 0.1) is 5.82 Å². The SMILES string of the molecule is O=C1Nc2cc(Cl)c(Cl)cc2C1c1ccccc1F. The summed E-state index contributed by atoms with van der Waals surface area (Å²) in [6.07, 6.45) is 0. The molecule has 1 N–H and O–H groups in total. The van der Waals surface area contributed by atoms with Crippen LogP contribution in [0.4, 0.5) is 10.1 Å². The number of benzene rings is 2. The zero-order valence-electron chi connectivity index (χ0n) is 9.58. The predicted octanol–water partition coefficient (Wildman–Crippen LogP) is 4.22. The smallest absolute Gasteiger partial charge is 0.236 e. The summed E-state index contributed by atoms with van der Waals surface area (Å²) in [5.41, 5.74) is 1.55. The number of rotatable bonds is 1. The molecule has 96 valence electrons. The van der Waals surface area contributed by atoms with E-state index < -0.39 is 11.7 Å². The summed E-state index contributed by atoms with van der Waals surface area (Å²) >= 11 is 11.9. The lowest BCUT2D eigenvalue weighted by atomic mass is 9.92. The molecule has 0 spiro atoms. The second kappa shape index (κ2) is 4.51. The molecule has 0 radical (unpaired) electrons. The first-order valence-corrected chi connectivity index (χ1v) is 6.38. The molecule has 0 fully saturated rings. The molecule has 2 aromatic rings. The van der Waals surface area contributed by atoms with Crippen LogP contribution in [0.25, 0.3) is 0 Å². The zero-order chi connectivity index (χ0) is 13.6. The molecule has 0 saturated carbocycles. The highest BCUT2D eigenvalue weighted by molar-refractivity contribution is 6.42. The minimum absolute atomic E-state index is 0.279. The van der Waals surface area contributed by atoms with Crippen molar-refractivity contribution in [2.45, 2.75) is 5.92 Å². The van der Waals surface area contributed by atoms with Crippen LogP contribution in [0.5, 0.6) is 0 Å². The van der Waals surface area contributed by atoms with Gasteiger partial charge in [0.2, 0.25) is 5.91 Å². The Bertz CT molecular complexity index is 687. The first kappa shape index (κ1) is 12.5. The number of amides is 1. The van der Waals surface area contributed by atoms with Crippen molar-refractivity contribution in [2.24, 2.45) is 0 Å². The summed E-state index contributed by atoms with van der Waals surface area (Å²) in [6.45, 7) is 0. The molecular weight excluding hydrogens is 288 g/mol. The fraction of sp³-hybridized carbons (Fsp3) is 0.0714. The molecule has 1 heterocycles. The maximum atomic E-state index is 13.8. The van der Waals surface area contributed by atoms with Gasteiger partial charge in [0, 0.05) is 11.3 Å². The monoisotopic (exact) mass is 295 g/mol. The van der Waals surface area contributed by atoms with E-state index in [9.17, 15) is 9.18 Å². The van der Waals surface area contributed by atoms with Crippen molar-refractivity contribution >= 4 is 34.8 Å². The Morgan fingerprint density at radius 1 is 1.05 bits per heavy atom. The highest BCUT2D eigenvalue weighted by atomic mass is 35.5. The van der Waals surface area contributed by atoms with E-state index in [0.29, 0.717) is 26.9 Å². The molecule has 2 aromatic carbocycles. The molecule has 1 amide bonds. The average Bonchev–Trinajstić information content (AvgIpc) is 2.66. The fourth-order valence-corrected chi connectivity index (χ4v) is 2.61. The van der Waals surface area contributed by atoms with Crippen LogP contribution in [0.2, 0.25) is 10.0 Å². The van der Waals surface area contributed by atoms with Crippen molar-refractivity contribution < 1.29 is 9.18 Å². The lowest BCUT2D eigenvalue weighted by molar-refractivity contribution is -0.116. The maximum absolute atomic E-state index is 13.8. The van der Waals surface area contributed by atoms with Crippen LogP contribution in [0.15, 0.2) is 36.4 Å². The van der Waals surface area contributed by atoms with Gasteiger partial charge in [-0.05, 0) is 23.8 Å². The van der Waals surface area contributed by atoms with E-state index in [1.54, 1.807) is 30.3 Å². The van der Waals surface area contributed by atoms with Gasteiger partial charge in [-0.15, -0.1) is 0 Å². The summed E-state index contributed by atoms with van der Waals surface area (Å²) < 4.78 is 13.8. The average molecular weight is 296 g/mol. The molecule has 5 heteroatoms. The second-order valence-corrected chi connectivity index (χ2v) is 5.11. The minimum atomic E-state index is -0.689. The molecule has 19 heavy (non-hydrogen) atoms. The number of anilines is 1. The van der Waals surface area contributed by atoms with Gasteiger partial charge >= 0.3 is 0 Å². The van der Waals surface area contributed by atoms with Crippen LogP contribution in [0.3, 0.4) is 0 Å². The summed E-state index contributed by atoms with van der Waals surface area (Å²) in [6, 6.07) is 9.39. The van der Waals surface area contributed by atoms with E-state index in [1.807, 2.05) is 0 Å². The van der Waals surface area contributed by atoms with Gasteiger partial charge < -0.3 is 5.32 Å². The summed E-state index contributed by atoms with van der Waals surface area (Å²) in [4.78, 5) is 12.0. The van der Waals surface area contributed by atoms with Gasteiger partial charge in [-0.25, -0.2) is 4.39 Å². The van der Waals surface area contributed by atoms with Crippen molar-refractivity contribution in [2.75, 3.05) is 5.32 Å². The second-order valence-electron chi connectivity index (χ2n) is 4.30. The Labute approximate surface area is 119 Å². The number of halogens is 3. The Hall–Kier alpha value is -1.58. The van der Waals surface area contributed by atoms with Crippen molar-refractivity contribution in [3.8, 4) is 0 Å². The van der Waals surface area contributed by atoms with Crippen LogP contribution < -0.4 is 5.32 Å². The standard InChI is InChI=1S/C14H8Cl2FNO/c15-9-5-8-12(6-10(9)16)18-14(19)13(8)7-3-1-2-4-11(7)17/h1-6,13H,(H,18,19). The van der Waals surface area contributed by atoms with E-state index >= 15 is 0 Å². The van der Waals surface area contributed by atoms with Gasteiger partial charge in [0.25, 0.3) is 0 Å². The quantitative estimate of drug-likeness (QED) is 0.839. The lowest BCUT2D eigenvalue weighted by Gasteiger charge is -2.10. The van der Waals surface area contributed by atoms with Crippen LogP contribution in [0.1, 0.15) is 17.0 Å². The van der Waals surface area contributed by atoms with Gasteiger partial charge in [0.1, 0.15) is 5.82 Å². The van der Waals surface area contributed by atoms with Gasteiger partial charge in [0.15, 0.2) is 0 Å². The van der Waals surface area contributed by atoms with E-state index in [-0.39, 0.29) is 5.91 Å². The third-order valence-corrected chi connectivity index (χ3v) is 3.86. The maximum Gasteiger partial charge on any atom is 0.236 e. The number of carbonyl (C=O) groups excluding carboxylic acids is 1. The van der Waals surface area contributed by atoms with E-state index in [2.05, 4.69) is 5.32 Å². The van der Waals surface area contributed by atoms with Crippen molar-refractivity contribution in [1.82, 2.24) is 0 Å². The lowest BCUT2D eigenvalue weighted by Crippen LogP contribution is -2.14. The number of hydrogen-bond acceptors (Lipinski definition) is 1. The van der Waals surface area contributed by atoms with Crippen molar-refractivity contribution in [3.05, 3.63) is 63.4 Å². The van der Waals surface area contributed by atoms with Gasteiger partial charge in [-0.2, -0.15) is 0 Å². The Morgan fingerprint density at radius 3 is 2.47 bits per heavy atom. The number of nitrogens with one attached hydrogen (secondary N) is 1.